The molecule has 1 saturated carbocycles. The molecular weight excluding hydrogens is 266 g/mol. The molecule has 0 aliphatic heterocycles. The fraction of sp³-hybridized carbons (Fsp3) is 0.375. The number of anilines is 1. The lowest BCUT2D eigenvalue weighted by molar-refractivity contribution is 0.340. The number of aromatic nitrogens is 2. The zero-order valence-electron chi connectivity index (χ0n) is 12.1. The van der Waals surface area contributed by atoms with Crippen molar-refractivity contribution in [3.05, 3.63) is 52.6 Å². The van der Waals surface area contributed by atoms with E-state index in [1.165, 1.54) is 0 Å². The molecule has 2 aromatic rings. The Morgan fingerprint density at radius 1 is 1.43 bits per heavy atom. The van der Waals surface area contributed by atoms with E-state index in [2.05, 4.69) is 10.3 Å². The summed E-state index contributed by atoms with van der Waals surface area (Å²) in [6.07, 6.45) is 5.61. The fourth-order valence-electron chi connectivity index (χ4n) is 2.28. The number of nitrogens with zero attached hydrogens (tertiary/aromatic N) is 2. The Balaban J connectivity index is 1.71. The van der Waals surface area contributed by atoms with Crippen LogP contribution in [-0.4, -0.2) is 16.2 Å². The van der Waals surface area contributed by atoms with E-state index in [4.69, 9.17) is 4.74 Å². The van der Waals surface area contributed by atoms with Crippen molar-refractivity contribution in [2.24, 2.45) is 0 Å². The van der Waals surface area contributed by atoms with Crippen LogP contribution in [0.2, 0.25) is 0 Å². The molecule has 0 radical (unpaired) electrons. The third kappa shape index (κ3) is 3.24. The van der Waals surface area contributed by atoms with Gasteiger partial charge in [-0.15, -0.1) is 0 Å². The molecule has 0 atom stereocenters. The summed E-state index contributed by atoms with van der Waals surface area (Å²) >= 11 is 0. The van der Waals surface area contributed by atoms with Crippen molar-refractivity contribution < 1.29 is 4.74 Å². The van der Waals surface area contributed by atoms with Crippen LogP contribution in [0.3, 0.4) is 0 Å². The largest absolute Gasteiger partial charge is 0.494 e. The molecule has 1 aromatic heterocycles. The van der Waals surface area contributed by atoms with Gasteiger partial charge in [0.1, 0.15) is 5.75 Å². The molecule has 1 N–H and O–H groups in total. The number of ether oxygens (including phenoxy) is 1. The molecule has 1 aliphatic carbocycles. The second-order valence-corrected chi connectivity index (χ2v) is 5.15. The van der Waals surface area contributed by atoms with E-state index in [0.29, 0.717) is 25.0 Å². The number of hydrogen-bond donors (Lipinski definition) is 1. The van der Waals surface area contributed by atoms with Crippen LogP contribution in [0, 0.1) is 0 Å². The van der Waals surface area contributed by atoms with E-state index in [1.54, 1.807) is 17.0 Å². The smallest absolute Gasteiger partial charge is 0.293 e. The Bertz CT molecular complexity index is 677. The van der Waals surface area contributed by atoms with Gasteiger partial charge in [0.2, 0.25) is 0 Å². The topological polar surface area (TPSA) is 56.1 Å². The van der Waals surface area contributed by atoms with Crippen molar-refractivity contribution in [3.63, 3.8) is 0 Å². The first-order valence-corrected chi connectivity index (χ1v) is 7.30. The maximum absolute atomic E-state index is 12.3. The minimum absolute atomic E-state index is 0.0408. The zero-order chi connectivity index (χ0) is 14.7. The molecule has 0 amide bonds. The highest BCUT2D eigenvalue weighted by atomic mass is 16.5. The molecule has 110 valence electrons. The first kappa shape index (κ1) is 13.7. The molecule has 21 heavy (non-hydrogen) atoms. The molecule has 5 heteroatoms. The van der Waals surface area contributed by atoms with Gasteiger partial charge >= 0.3 is 0 Å². The minimum Gasteiger partial charge on any atom is -0.494 e. The van der Waals surface area contributed by atoms with Crippen molar-refractivity contribution in [2.45, 2.75) is 32.4 Å². The van der Waals surface area contributed by atoms with Gasteiger partial charge in [0, 0.05) is 25.0 Å². The molecule has 5 nitrogen and oxygen atoms in total. The van der Waals surface area contributed by atoms with Gasteiger partial charge in [0.05, 0.1) is 6.61 Å². The Morgan fingerprint density at radius 2 is 2.29 bits per heavy atom. The van der Waals surface area contributed by atoms with Gasteiger partial charge < -0.3 is 14.6 Å². The van der Waals surface area contributed by atoms with Crippen LogP contribution in [0.4, 0.5) is 5.82 Å². The van der Waals surface area contributed by atoms with Gasteiger partial charge in [-0.05, 0) is 37.5 Å². The maximum Gasteiger partial charge on any atom is 0.293 e. The summed E-state index contributed by atoms with van der Waals surface area (Å²) in [4.78, 5) is 16.4. The normalized spacial score (nSPS) is 14.0. The Kier molecular flexibility index (Phi) is 3.90. The fourth-order valence-corrected chi connectivity index (χ4v) is 2.28. The van der Waals surface area contributed by atoms with Crippen LogP contribution in [0.25, 0.3) is 0 Å². The lowest BCUT2D eigenvalue weighted by Gasteiger charge is -2.09. The van der Waals surface area contributed by atoms with Crippen molar-refractivity contribution >= 4 is 5.82 Å². The van der Waals surface area contributed by atoms with Gasteiger partial charge in [0.15, 0.2) is 5.82 Å². The van der Waals surface area contributed by atoms with E-state index in [1.807, 2.05) is 31.2 Å². The summed E-state index contributed by atoms with van der Waals surface area (Å²) in [5, 5.41) is 3.12. The first-order chi connectivity index (χ1) is 10.3. The van der Waals surface area contributed by atoms with Crippen LogP contribution in [0.1, 0.15) is 31.4 Å². The molecule has 3 rings (SSSR count). The number of nitrogens with one attached hydrogen (secondary N) is 1. The zero-order valence-corrected chi connectivity index (χ0v) is 12.1. The van der Waals surface area contributed by atoms with E-state index in [0.717, 1.165) is 24.2 Å². The highest BCUT2D eigenvalue weighted by Crippen LogP contribution is 2.33. The molecule has 1 aliphatic rings. The van der Waals surface area contributed by atoms with Crippen molar-refractivity contribution in [1.82, 2.24) is 9.55 Å². The molecule has 1 fully saturated rings. The average molecular weight is 285 g/mol. The van der Waals surface area contributed by atoms with Gasteiger partial charge in [-0.3, -0.25) is 4.79 Å². The monoisotopic (exact) mass is 285 g/mol. The van der Waals surface area contributed by atoms with Gasteiger partial charge in [-0.2, -0.15) is 0 Å². The molecule has 1 heterocycles. The Hall–Kier alpha value is -2.30. The molecule has 0 spiro atoms. The van der Waals surface area contributed by atoms with Gasteiger partial charge in [-0.25, -0.2) is 4.98 Å². The Labute approximate surface area is 123 Å². The lowest BCUT2D eigenvalue weighted by atomic mass is 10.2. The SMILES string of the molecule is CCOc1cccc(CNc2nccn(C3CC3)c2=O)c1. The average Bonchev–Trinajstić information content (AvgIpc) is 3.32. The number of benzene rings is 1. The first-order valence-electron chi connectivity index (χ1n) is 7.30. The number of rotatable bonds is 6. The van der Waals surface area contributed by atoms with E-state index >= 15 is 0 Å². The third-order valence-electron chi connectivity index (χ3n) is 3.48. The molecular formula is C16H19N3O2. The van der Waals surface area contributed by atoms with Gasteiger partial charge in [0.25, 0.3) is 5.56 Å². The van der Waals surface area contributed by atoms with Crippen molar-refractivity contribution in [2.75, 3.05) is 11.9 Å². The van der Waals surface area contributed by atoms with Crippen LogP contribution in [0.15, 0.2) is 41.5 Å². The summed E-state index contributed by atoms with van der Waals surface area (Å²) in [5.74, 6) is 1.25. The summed E-state index contributed by atoms with van der Waals surface area (Å²) in [7, 11) is 0. The summed E-state index contributed by atoms with van der Waals surface area (Å²) < 4.78 is 7.24. The second kappa shape index (κ2) is 5.99. The van der Waals surface area contributed by atoms with Crippen molar-refractivity contribution in [3.8, 4) is 5.75 Å². The van der Waals surface area contributed by atoms with E-state index in [9.17, 15) is 4.79 Å². The summed E-state index contributed by atoms with van der Waals surface area (Å²) in [5.41, 5.74) is 1.02. The van der Waals surface area contributed by atoms with E-state index in [-0.39, 0.29) is 5.56 Å². The predicted molar refractivity (Wildman–Crippen MR) is 81.7 cm³/mol. The van der Waals surface area contributed by atoms with Crippen LogP contribution >= 0.6 is 0 Å². The van der Waals surface area contributed by atoms with Crippen LogP contribution < -0.4 is 15.6 Å². The lowest BCUT2D eigenvalue weighted by Crippen LogP contribution is -2.23. The van der Waals surface area contributed by atoms with Crippen molar-refractivity contribution in [1.29, 1.82) is 0 Å². The quantitative estimate of drug-likeness (QED) is 0.886. The minimum atomic E-state index is -0.0408. The third-order valence-corrected chi connectivity index (χ3v) is 3.48. The standard InChI is InChI=1S/C16H19N3O2/c1-2-21-14-5-3-4-12(10-14)11-18-15-16(20)19(9-8-17-15)13-6-7-13/h3-5,8-10,13H,2,6-7,11H2,1H3,(H,17,18). The van der Waals surface area contributed by atoms with E-state index < -0.39 is 0 Å². The molecule has 0 saturated heterocycles. The highest BCUT2D eigenvalue weighted by Gasteiger charge is 2.25. The molecule has 0 bridgehead atoms. The summed E-state index contributed by atoms with van der Waals surface area (Å²) in [6, 6.07) is 8.20. The van der Waals surface area contributed by atoms with Crippen LogP contribution in [0.5, 0.6) is 5.75 Å². The number of hydrogen-bond acceptors (Lipinski definition) is 4. The second-order valence-electron chi connectivity index (χ2n) is 5.15. The highest BCUT2D eigenvalue weighted by molar-refractivity contribution is 5.35. The molecule has 0 unspecified atom stereocenters. The predicted octanol–water partition coefficient (Wildman–Crippen LogP) is 2.59. The maximum atomic E-state index is 12.3. The van der Waals surface area contributed by atoms with Gasteiger partial charge in [-0.1, -0.05) is 12.1 Å². The molecule has 1 aromatic carbocycles. The Morgan fingerprint density at radius 3 is 3.05 bits per heavy atom. The van der Waals surface area contributed by atoms with Crippen LogP contribution in [-0.2, 0) is 6.54 Å². The summed E-state index contributed by atoms with van der Waals surface area (Å²) in [6.45, 7) is 3.15.